The molecule has 36 heteroatoms. The molecule has 42 atom stereocenters. The van der Waals surface area contributed by atoms with Crippen LogP contribution >= 0.6 is 0 Å². The highest BCUT2D eigenvalue weighted by Gasteiger charge is 2.73. The normalized spacial score (nSPS) is 55.1. The number of ether oxygens (including phenoxy) is 14. The Balaban J connectivity index is 0.770. The van der Waals surface area contributed by atoms with Crippen molar-refractivity contribution in [1.29, 1.82) is 0 Å². The number of aliphatic carboxylic acids is 1. The summed E-state index contributed by atoms with van der Waals surface area (Å²) in [6.45, 7) is 12.7. The van der Waals surface area contributed by atoms with E-state index in [0.717, 1.165) is 11.9 Å². The molecule has 0 aromatic rings. The number of aliphatic hydroxyl groups is 18. The number of esters is 1. The molecule has 12 aliphatic rings. The highest BCUT2D eigenvalue weighted by atomic mass is 16.8. The van der Waals surface area contributed by atoms with Crippen LogP contribution in [0.5, 0.6) is 0 Å². The molecule has 7 saturated heterocycles. The van der Waals surface area contributed by atoms with Gasteiger partial charge in [-0.15, -0.1) is 0 Å². The molecule has 600 valence electrons. The molecule has 12 rings (SSSR count). The Kier molecular flexibility index (Phi) is 23.7. The average Bonchev–Trinajstić information content (AvgIpc) is 0.670. The molecule has 36 nitrogen and oxygen atoms in total. The Labute approximate surface area is 604 Å². The molecule has 7 aliphatic heterocycles. The number of rotatable bonds is 17. The number of carboxylic acids is 1. The van der Waals surface area contributed by atoms with E-state index in [4.69, 9.17) is 66.3 Å². The van der Waals surface area contributed by atoms with E-state index in [1.54, 1.807) is 6.92 Å². The predicted octanol–water partition coefficient (Wildman–Crippen LogP) is -6.35. The summed E-state index contributed by atoms with van der Waals surface area (Å²) in [7, 11) is 0. The summed E-state index contributed by atoms with van der Waals surface area (Å²) in [5.41, 5.74) is -4.78. The van der Waals surface area contributed by atoms with Gasteiger partial charge in [-0.1, -0.05) is 53.2 Å². The predicted molar refractivity (Wildman–Crippen MR) is 342 cm³/mol. The van der Waals surface area contributed by atoms with Crippen LogP contribution in [0.15, 0.2) is 11.6 Å². The van der Waals surface area contributed by atoms with Gasteiger partial charge in [0.05, 0.1) is 56.3 Å². The van der Waals surface area contributed by atoms with Crippen molar-refractivity contribution in [2.45, 2.75) is 322 Å². The van der Waals surface area contributed by atoms with Crippen molar-refractivity contribution >= 4 is 18.2 Å². The molecule has 0 amide bonds. The first kappa shape index (κ1) is 81.6. The molecule has 4 unspecified atom stereocenters. The third-order valence-corrected chi connectivity index (χ3v) is 26.5. The Morgan fingerprint density at radius 3 is 1.69 bits per heavy atom. The van der Waals surface area contributed by atoms with E-state index in [1.807, 2.05) is 0 Å². The summed E-state index contributed by atoms with van der Waals surface area (Å²) in [5, 5.41) is 209. The van der Waals surface area contributed by atoms with Crippen molar-refractivity contribution in [3.05, 3.63) is 11.6 Å². The number of carbonyl (C=O) groups excluding carboxylic acids is 2. The van der Waals surface area contributed by atoms with E-state index < -0.39 is 292 Å². The lowest BCUT2D eigenvalue weighted by Crippen LogP contribution is -2.69. The van der Waals surface area contributed by atoms with Crippen LogP contribution in [0.4, 0.5) is 0 Å². The van der Waals surface area contributed by atoms with Gasteiger partial charge in [0.25, 0.3) is 0 Å². The van der Waals surface area contributed by atoms with Crippen LogP contribution in [-0.2, 0) is 80.7 Å². The molecule has 0 spiro atoms. The zero-order chi connectivity index (χ0) is 76.6. The van der Waals surface area contributed by atoms with E-state index in [2.05, 4.69) is 40.7 Å². The molecule has 105 heavy (non-hydrogen) atoms. The molecule has 11 fully saturated rings. The van der Waals surface area contributed by atoms with E-state index in [-0.39, 0.29) is 25.2 Å². The fourth-order valence-electron chi connectivity index (χ4n) is 19.9. The van der Waals surface area contributed by atoms with Gasteiger partial charge in [-0.05, 0) is 111 Å². The van der Waals surface area contributed by atoms with Gasteiger partial charge in [0.2, 0.25) is 6.29 Å². The monoisotopic (exact) mass is 1510 g/mol. The third kappa shape index (κ3) is 14.0. The van der Waals surface area contributed by atoms with Crippen molar-refractivity contribution < 1.29 is 178 Å². The molecule has 0 bridgehead atoms. The van der Waals surface area contributed by atoms with Gasteiger partial charge in [-0.25, -0.2) is 4.79 Å². The SMILES string of the molecule is C[C@@H]1O[C@@H](O[C@H]2[C@@H](OC(=O)[C@]34CCC(C)(C)CC3C3=CCC5[C@@]6(C)CC[C@H](O[C@@H]7O[C@H](C(=O)O)[C@@H](O)[C@H](O[C@@H]8OC[C@@H](O)[C@H](O)[C@@H]8O)[C@H]7O[C@@H]7O[C@H](CO)[C@H](O)[C@H](O)[C@H]7O)[C@@](C)(C=O)C6CC[C@@]5(C)[C@]3(C)CC4O)O[C@H](C)[C@H](O)[C@@H]2O)[C@H](O)[C@H](O)[C@H]1O[C@H]1OC[C@@H](O[C@H]2OC[C@H](O)[C@H](O)[C@H]2O)[C@H](O)[C@H]1O. The lowest BCUT2D eigenvalue weighted by Gasteiger charge is -2.71. The molecule has 0 aromatic heterocycles. The van der Waals surface area contributed by atoms with E-state index in [0.29, 0.717) is 38.5 Å². The van der Waals surface area contributed by atoms with Gasteiger partial charge in [0, 0.05) is 0 Å². The topological polar surface area (TPSA) is 565 Å². The third-order valence-electron chi connectivity index (χ3n) is 26.5. The molecule has 5 aliphatic carbocycles. The Morgan fingerprint density at radius 2 is 1.06 bits per heavy atom. The minimum absolute atomic E-state index is 0.0450. The van der Waals surface area contributed by atoms with Crippen molar-refractivity contribution in [2.24, 2.45) is 50.2 Å². The Bertz CT molecular complexity index is 3080. The second kappa shape index (κ2) is 30.6. The highest BCUT2D eigenvalue weighted by molar-refractivity contribution is 5.80. The van der Waals surface area contributed by atoms with Crippen LogP contribution in [-0.4, -0.2) is 351 Å². The average molecular weight is 1510 g/mol. The molecule has 0 radical (unpaired) electrons. The quantitative estimate of drug-likeness (QED) is 0.0279. The molecule has 4 saturated carbocycles. The van der Waals surface area contributed by atoms with Gasteiger partial charge >= 0.3 is 11.9 Å². The zero-order valence-electron chi connectivity index (χ0n) is 59.6. The minimum Gasteiger partial charge on any atom is -0.479 e. The summed E-state index contributed by atoms with van der Waals surface area (Å²) in [5.74, 6) is -4.02. The van der Waals surface area contributed by atoms with Crippen molar-refractivity contribution in [3.8, 4) is 0 Å². The second-order valence-electron chi connectivity index (χ2n) is 33.1. The van der Waals surface area contributed by atoms with Gasteiger partial charge < -0.3 is 168 Å². The summed E-state index contributed by atoms with van der Waals surface area (Å²) in [6.07, 6.45) is -53.9. The van der Waals surface area contributed by atoms with Crippen LogP contribution < -0.4 is 0 Å². The smallest absolute Gasteiger partial charge is 0.335 e. The first-order valence-electron chi connectivity index (χ1n) is 36.4. The summed E-state index contributed by atoms with van der Waals surface area (Å²) < 4.78 is 83.3. The summed E-state index contributed by atoms with van der Waals surface area (Å²) in [4.78, 5) is 43.0. The van der Waals surface area contributed by atoms with Crippen LogP contribution in [0.1, 0.15) is 113 Å². The van der Waals surface area contributed by atoms with Gasteiger partial charge in [0.15, 0.2) is 49.9 Å². The Hall–Kier alpha value is -2.89. The van der Waals surface area contributed by atoms with Crippen LogP contribution in [0.2, 0.25) is 0 Å². The van der Waals surface area contributed by atoms with Gasteiger partial charge in [0.1, 0.15) is 140 Å². The Morgan fingerprint density at radius 1 is 0.505 bits per heavy atom. The first-order chi connectivity index (χ1) is 49.2. The zero-order valence-corrected chi connectivity index (χ0v) is 59.6. The first-order valence-corrected chi connectivity index (χ1v) is 36.4. The molecular weight excluding hydrogens is 1400 g/mol. The standard InChI is InChI=1S/C69H108O36/c1-24-36(75)42(81)53(103-59-48(87)43(82)50(25(2)96-59)100-58-46(85)40(79)31(22-94-58)98-56-44(83)37(76)28(72)20-92-56)61(95-24)105-63(91)69-16-15-64(3,4)17-27(69)26-9-10-33-65(5)13-12-35(66(6,23-71)32(65)11-14-67(33,7)68(26,8)18-34(69)74)99-62-54(104-60-47(86)41(80)39(78)30(19-70)97-60)51(49(88)52(102-62)55(89)90)101-57-45(84)38(77)29(73)21-93-57/h9,23-25,27-54,56-62,70,72-88H,10-22H2,1-8H3,(H,89,90)/t24-,25+,27?,28+,29-,30-,31-,32?,33?,34?,35+,36+,37+,38+,39+,40+,41+,42+,43+,44-,45+,46-,47-,48-,49+,50+,51+,52+,53-,54-,56-,57+,58-,59+,60+,61-,62-,65+,66+,67-,68-,69-/m1/s1. The lowest BCUT2D eigenvalue weighted by atomic mass is 9.33. The number of aldehydes is 1. The van der Waals surface area contributed by atoms with Crippen LogP contribution in [0.25, 0.3) is 0 Å². The van der Waals surface area contributed by atoms with Gasteiger partial charge in [-0.3, -0.25) is 4.79 Å². The maximum Gasteiger partial charge on any atom is 0.335 e. The van der Waals surface area contributed by atoms with Crippen LogP contribution in [0, 0.1) is 50.2 Å². The number of carbonyl (C=O) groups is 3. The molecule has 7 heterocycles. The van der Waals surface area contributed by atoms with E-state index in [1.165, 1.54) is 13.8 Å². The van der Waals surface area contributed by atoms with E-state index >= 15 is 4.79 Å². The number of aliphatic hydroxyl groups excluding tert-OH is 18. The maximum absolute atomic E-state index is 15.7. The van der Waals surface area contributed by atoms with Crippen molar-refractivity contribution in [1.82, 2.24) is 0 Å². The second-order valence-corrected chi connectivity index (χ2v) is 33.1. The summed E-state index contributed by atoms with van der Waals surface area (Å²) in [6, 6.07) is 0. The number of carboxylic acid groups (broad SMARTS) is 1. The fourth-order valence-corrected chi connectivity index (χ4v) is 19.9. The molecule has 0 aromatic carbocycles. The summed E-state index contributed by atoms with van der Waals surface area (Å²) >= 11 is 0. The molecular formula is C69H108O36. The molecule has 19 N–H and O–H groups in total. The largest absolute Gasteiger partial charge is 0.479 e. The van der Waals surface area contributed by atoms with Crippen molar-refractivity contribution in [2.75, 3.05) is 26.4 Å². The fraction of sp³-hybridized carbons (Fsp3) is 0.928. The number of allylic oxidation sites excluding steroid dienone is 2. The number of hydrogen-bond acceptors (Lipinski definition) is 35. The number of hydrogen-bond donors (Lipinski definition) is 19. The minimum atomic E-state index is -2.22. The van der Waals surface area contributed by atoms with Crippen molar-refractivity contribution in [3.63, 3.8) is 0 Å². The van der Waals surface area contributed by atoms with Crippen LogP contribution in [0.3, 0.4) is 0 Å². The lowest BCUT2D eigenvalue weighted by molar-refractivity contribution is -0.391. The number of fused-ring (bicyclic) bond motifs is 7. The van der Waals surface area contributed by atoms with E-state index in [9.17, 15) is 107 Å². The highest BCUT2D eigenvalue weighted by Crippen LogP contribution is 2.76. The van der Waals surface area contributed by atoms with Gasteiger partial charge in [-0.2, -0.15) is 0 Å². The maximum atomic E-state index is 15.7.